The van der Waals surface area contributed by atoms with E-state index in [1.807, 2.05) is 0 Å². The van der Waals surface area contributed by atoms with Crippen molar-refractivity contribution in [2.45, 2.75) is 25.3 Å². The molecule has 0 aliphatic heterocycles. The van der Waals surface area contributed by atoms with Crippen LogP contribution in [-0.4, -0.2) is 27.5 Å². The first kappa shape index (κ1) is 15.1. The van der Waals surface area contributed by atoms with Crippen molar-refractivity contribution in [2.75, 3.05) is 17.2 Å². The fourth-order valence-electron chi connectivity index (χ4n) is 2.13. The van der Waals surface area contributed by atoms with E-state index in [-0.39, 0.29) is 29.3 Å². The van der Waals surface area contributed by atoms with Gasteiger partial charge in [0.1, 0.15) is 12.0 Å². The van der Waals surface area contributed by atoms with Crippen molar-refractivity contribution in [1.29, 1.82) is 0 Å². The van der Waals surface area contributed by atoms with E-state index in [1.54, 1.807) is 18.2 Å². The fraction of sp³-hybridized carbons (Fsp3) is 0.333. The quantitative estimate of drug-likeness (QED) is 0.602. The summed E-state index contributed by atoms with van der Waals surface area (Å²) in [5.74, 6) is 0.256. The van der Waals surface area contributed by atoms with Crippen LogP contribution < -0.4 is 10.6 Å². The van der Waals surface area contributed by atoms with E-state index >= 15 is 0 Å². The predicted molar refractivity (Wildman–Crippen MR) is 83.9 cm³/mol. The topological polar surface area (TPSA) is 93.0 Å². The average Bonchev–Trinajstić information content (AvgIpc) is 3.33. The van der Waals surface area contributed by atoms with E-state index in [1.165, 1.54) is 12.3 Å². The van der Waals surface area contributed by atoms with E-state index in [9.17, 15) is 14.5 Å². The smallest absolute Gasteiger partial charge is 0.329 e. The van der Waals surface area contributed by atoms with Crippen LogP contribution >= 0.6 is 0 Å². The highest BCUT2D eigenvalue weighted by atomic mass is 19.1. The predicted octanol–water partition coefficient (Wildman–Crippen LogP) is 2.75. The van der Waals surface area contributed by atoms with Gasteiger partial charge in [0.15, 0.2) is 0 Å². The number of halogens is 1. The van der Waals surface area contributed by atoms with Gasteiger partial charge in [-0.3, -0.25) is 10.1 Å². The Morgan fingerprint density at radius 1 is 1.35 bits per heavy atom. The van der Waals surface area contributed by atoms with E-state index in [2.05, 4.69) is 20.6 Å². The molecule has 1 heterocycles. The number of anilines is 2. The van der Waals surface area contributed by atoms with Gasteiger partial charge < -0.3 is 10.6 Å². The number of benzene rings is 1. The van der Waals surface area contributed by atoms with Crippen molar-refractivity contribution in [3.63, 3.8) is 0 Å². The second-order valence-electron chi connectivity index (χ2n) is 5.37. The SMILES string of the molecule is O=[N+]([O-])c1cnc(NCCc2ccccc2F)nc1NC1CC1. The molecule has 1 saturated carbocycles. The lowest BCUT2D eigenvalue weighted by Crippen LogP contribution is -2.12. The molecule has 120 valence electrons. The summed E-state index contributed by atoms with van der Waals surface area (Å²) < 4.78 is 13.5. The molecule has 7 nitrogen and oxygen atoms in total. The molecule has 0 bridgehead atoms. The summed E-state index contributed by atoms with van der Waals surface area (Å²) in [5.41, 5.74) is 0.454. The standard InChI is InChI=1S/C15H16FN5O2/c16-12-4-2-1-3-10(12)7-8-17-15-18-9-13(21(22)23)14(20-15)19-11-5-6-11/h1-4,9,11H,5-8H2,(H2,17,18,19,20). The van der Waals surface area contributed by atoms with E-state index in [0.29, 0.717) is 18.5 Å². The molecule has 0 radical (unpaired) electrons. The van der Waals surface area contributed by atoms with Crippen molar-refractivity contribution >= 4 is 17.5 Å². The van der Waals surface area contributed by atoms with Crippen molar-refractivity contribution in [1.82, 2.24) is 9.97 Å². The minimum atomic E-state index is -0.506. The minimum Gasteiger partial charge on any atom is -0.361 e. The maximum Gasteiger partial charge on any atom is 0.329 e. The molecule has 1 aromatic heterocycles. The van der Waals surface area contributed by atoms with Crippen LogP contribution in [0.5, 0.6) is 0 Å². The van der Waals surface area contributed by atoms with Crippen molar-refractivity contribution in [3.05, 3.63) is 52.0 Å². The third kappa shape index (κ3) is 3.91. The zero-order chi connectivity index (χ0) is 16.2. The highest BCUT2D eigenvalue weighted by Crippen LogP contribution is 2.29. The van der Waals surface area contributed by atoms with E-state index in [0.717, 1.165) is 12.8 Å². The summed E-state index contributed by atoms with van der Waals surface area (Å²) in [6.45, 7) is 0.432. The Hall–Kier alpha value is -2.77. The second-order valence-corrected chi connectivity index (χ2v) is 5.37. The molecule has 1 aromatic carbocycles. The lowest BCUT2D eigenvalue weighted by atomic mass is 10.1. The largest absolute Gasteiger partial charge is 0.361 e. The van der Waals surface area contributed by atoms with Gasteiger partial charge >= 0.3 is 5.69 Å². The first-order valence-electron chi connectivity index (χ1n) is 7.39. The third-order valence-corrected chi connectivity index (χ3v) is 3.52. The van der Waals surface area contributed by atoms with Gasteiger partial charge in [-0.1, -0.05) is 18.2 Å². The molecule has 2 aromatic rings. The van der Waals surface area contributed by atoms with Crippen LogP contribution in [-0.2, 0) is 6.42 Å². The summed E-state index contributed by atoms with van der Waals surface area (Å²) in [6.07, 6.45) is 3.62. The molecule has 1 aliphatic carbocycles. The van der Waals surface area contributed by atoms with Gasteiger partial charge in [0.05, 0.1) is 4.92 Å². The highest BCUT2D eigenvalue weighted by Gasteiger charge is 2.26. The number of nitrogens with zero attached hydrogens (tertiary/aromatic N) is 3. The number of hydrogen-bond acceptors (Lipinski definition) is 6. The normalized spacial score (nSPS) is 13.6. The molecule has 3 rings (SSSR count). The van der Waals surface area contributed by atoms with E-state index < -0.39 is 4.92 Å². The molecule has 2 N–H and O–H groups in total. The molecular weight excluding hydrogens is 301 g/mol. The van der Waals surface area contributed by atoms with Gasteiger partial charge in [-0.25, -0.2) is 9.37 Å². The number of nitrogens with one attached hydrogen (secondary N) is 2. The molecule has 8 heteroatoms. The molecule has 0 spiro atoms. The Kier molecular flexibility index (Phi) is 4.31. The maximum atomic E-state index is 13.5. The zero-order valence-electron chi connectivity index (χ0n) is 12.3. The van der Waals surface area contributed by atoms with Gasteiger partial charge in [0.2, 0.25) is 11.8 Å². The zero-order valence-corrected chi connectivity index (χ0v) is 12.3. The molecule has 0 atom stereocenters. The Labute approximate surface area is 132 Å². The summed E-state index contributed by atoms with van der Waals surface area (Å²) in [4.78, 5) is 18.6. The lowest BCUT2D eigenvalue weighted by Gasteiger charge is -2.08. The van der Waals surface area contributed by atoms with Gasteiger partial charge in [0.25, 0.3) is 0 Å². The molecule has 1 fully saturated rings. The number of rotatable bonds is 7. The van der Waals surface area contributed by atoms with E-state index in [4.69, 9.17) is 0 Å². The third-order valence-electron chi connectivity index (χ3n) is 3.52. The molecular formula is C15H16FN5O2. The Balaban J connectivity index is 1.65. The molecule has 0 amide bonds. The van der Waals surface area contributed by atoms with Gasteiger partial charge in [-0.15, -0.1) is 0 Å². The number of aromatic nitrogens is 2. The Morgan fingerprint density at radius 3 is 2.83 bits per heavy atom. The lowest BCUT2D eigenvalue weighted by molar-refractivity contribution is -0.384. The van der Waals surface area contributed by atoms with Crippen LogP contribution in [0.3, 0.4) is 0 Å². The van der Waals surface area contributed by atoms with Crippen LogP contribution in [0, 0.1) is 15.9 Å². The van der Waals surface area contributed by atoms with Crippen LogP contribution in [0.25, 0.3) is 0 Å². The van der Waals surface area contributed by atoms with Crippen LogP contribution in [0.4, 0.5) is 21.8 Å². The fourth-order valence-corrected chi connectivity index (χ4v) is 2.13. The average molecular weight is 317 g/mol. The van der Waals surface area contributed by atoms with Gasteiger partial charge in [0, 0.05) is 12.6 Å². The first-order chi connectivity index (χ1) is 11.1. The summed E-state index contributed by atoms with van der Waals surface area (Å²) >= 11 is 0. The summed E-state index contributed by atoms with van der Waals surface area (Å²) in [7, 11) is 0. The number of nitro groups is 1. The minimum absolute atomic E-state index is 0.142. The monoisotopic (exact) mass is 317 g/mol. The van der Waals surface area contributed by atoms with Gasteiger partial charge in [-0.2, -0.15) is 4.98 Å². The van der Waals surface area contributed by atoms with Crippen molar-refractivity contribution in [2.24, 2.45) is 0 Å². The van der Waals surface area contributed by atoms with Crippen molar-refractivity contribution in [3.8, 4) is 0 Å². The number of hydrogen-bond donors (Lipinski definition) is 2. The molecule has 0 unspecified atom stereocenters. The molecule has 1 aliphatic rings. The summed E-state index contributed by atoms with van der Waals surface area (Å²) in [5, 5.41) is 17.0. The van der Waals surface area contributed by atoms with Crippen LogP contribution in [0.15, 0.2) is 30.5 Å². The Bertz CT molecular complexity index is 721. The summed E-state index contributed by atoms with van der Waals surface area (Å²) in [6, 6.07) is 6.79. The molecule has 0 saturated heterocycles. The highest BCUT2D eigenvalue weighted by molar-refractivity contribution is 5.58. The second kappa shape index (κ2) is 6.55. The van der Waals surface area contributed by atoms with Crippen LogP contribution in [0.2, 0.25) is 0 Å². The first-order valence-corrected chi connectivity index (χ1v) is 7.39. The Morgan fingerprint density at radius 2 is 2.13 bits per heavy atom. The van der Waals surface area contributed by atoms with Crippen LogP contribution in [0.1, 0.15) is 18.4 Å². The van der Waals surface area contributed by atoms with Crippen molar-refractivity contribution < 1.29 is 9.31 Å². The van der Waals surface area contributed by atoms with Gasteiger partial charge in [-0.05, 0) is 30.9 Å². The maximum absolute atomic E-state index is 13.5. The molecule has 23 heavy (non-hydrogen) atoms.